The third kappa shape index (κ3) is 4.02. The van der Waals surface area contributed by atoms with Crippen LogP contribution in [0.15, 0.2) is 41.3 Å². The number of amides is 1. The number of carbonyl (C=O) groups is 1. The number of thiazole rings is 1. The van der Waals surface area contributed by atoms with Crippen molar-refractivity contribution in [3.63, 3.8) is 0 Å². The maximum Gasteiger partial charge on any atom is 0.257 e. The van der Waals surface area contributed by atoms with E-state index < -0.39 is 26.6 Å². The van der Waals surface area contributed by atoms with E-state index in [-0.39, 0.29) is 18.7 Å². The number of nitrogens with zero attached hydrogens (tertiary/aromatic N) is 2. The monoisotopic (exact) mass is 441 g/mol. The zero-order chi connectivity index (χ0) is 20.5. The number of nitrogens with one attached hydrogen (secondary N) is 1. The van der Waals surface area contributed by atoms with Crippen molar-refractivity contribution >= 4 is 54.2 Å². The van der Waals surface area contributed by atoms with Gasteiger partial charge in [0, 0.05) is 23.7 Å². The van der Waals surface area contributed by atoms with E-state index in [9.17, 15) is 17.6 Å². The van der Waals surface area contributed by atoms with Crippen LogP contribution < -0.4 is 5.32 Å². The first kappa shape index (κ1) is 20.7. The van der Waals surface area contributed by atoms with Crippen molar-refractivity contribution in [2.75, 3.05) is 18.4 Å². The Morgan fingerprint density at radius 3 is 2.61 bits per heavy atom. The molecule has 0 radical (unpaired) electrons. The molecule has 0 aliphatic carbocycles. The Bertz CT molecular complexity index is 1140. The second kappa shape index (κ2) is 8.12. The molecule has 6 nitrogen and oxygen atoms in total. The minimum Gasteiger partial charge on any atom is -0.298 e. The SMILES string of the molecule is CCN(CC)S(=O)(=O)c1cc(C(=O)Nc2nc3ccc(Cl)cc3s2)ccc1F. The highest BCUT2D eigenvalue weighted by Crippen LogP contribution is 2.29. The average molecular weight is 442 g/mol. The maximum atomic E-state index is 14.2. The van der Waals surface area contributed by atoms with E-state index in [0.717, 1.165) is 21.1 Å². The van der Waals surface area contributed by atoms with E-state index in [1.807, 2.05) is 0 Å². The standard InChI is InChI=1S/C18H17ClFN3O3S2/c1-3-23(4-2)28(25,26)16-9-11(5-7-13(16)20)17(24)22-18-21-14-8-6-12(19)10-15(14)27-18/h5-10H,3-4H2,1-2H3,(H,21,22,24). The molecule has 0 aliphatic rings. The molecule has 1 aromatic heterocycles. The van der Waals surface area contributed by atoms with Gasteiger partial charge in [-0.05, 0) is 36.4 Å². The lowest BCUT2D eigenvalue weighted by Crippen LogP contribution is -2.31. The normalized spacial score (nSPS) is 11.9. The molecule has 3 aromatic rings. The maximum absolute atomic E-state index is 14.2. The fourth-order valence-corrected chi connectivity index (χ4v) is 5.35. The Hall–Kier alpha value is -2.07. The Morgan fingerprint density at radius 1 is 1.21 bits per heavy atom. The van der Waals surface area contributed by atoms with E-state index in [0.29, 0.717) is 15.7 Å². The second-order valence-corrected chi connectivity index (χ2v) is 9.19. The fraction of sp³-hybridized carbons (Fsp3) is 0.222. The van der Waals surface area contributed by atoms with Crippen LogP contribution in [0.2, 0.25) is 5.02 Å². The van der Waals surface area contributed by atoms with E-state index in [1.165, 1.54) is 17.4 Å². The molecule has 1 amide bonds. The summed E-state index contributed by atoms with van der Waals surface area (Å²) in [5, 5.41) is 3.50. The van der Waals surface area contributed by atoms with Crippen LogP contribution in [-0.2, 0) is 10.0 Å². The number of anilines is 1. The van der Waals surface area contributed by atoms with Crippen LogP contribution in [-0.4, -0.2) is 36.7 Å². The number of fused-ring (bicyclic) bond motifs is 1. The molecule has 0 atom stereocenters. The molecule has 1 heterocycles. The van der Waals surface area contributed by atoms with Gasteiger partial charge in [-0.25, -0.2) is 17.8 Å². The van der Waals surface area contributed by atoms with Gasteiger partial charge in [0.1, 0.15) is 10.7 Å². The van der Waals surface area contributed by atoms with Crippen molar-refractivity contribution in [1.82, 2.24) is 9.29 Å². The highest BCUT2D eigenvalue weighted by atomic mass is 35.5. The van der Waals surface area contributed by atoms with Crippen LogP contribution in [0.1, 0.15) is 24.2 Å². The first-order valence-corrected chi connectivity index (χ1v) is 11.1. The fourth-order valence-electron chi connectivity index (χ4n) is 2.67. The zero-order valence-corrected chi connectivity index (χ0v) is 17.5. The molecule has 0 fully saturated rings. The molecule has 3 rings (SSSR count). The first-order valence-electron chi connectivity index (χ1n) is 8.43. The number of hydrogen-bond donors (Lipinski definition) is 1. The van der Waals surface area contributed by atoms with Gasteiger partial charge in [0.2, 0.25) is 10.0 Å². The molecule has 0 aliphatic heterocycles. The van der Waals surface area contributed by atoms with Gasteiger partial charge in [-0.2, -0.15) is 4.31 Å². The summed E-state index contributed by atoms with van der Waals surface area (Å²) in [4.78, 5) is 16.3. The van der Waals surface area contributed by atoms with Crippen molar-refractivity contribution < 1.29 is 17.6 Å². The number of rotatable bonds is 6. The van der Waals surface area contributed by atoms with E-state index in [2.05, 4.69) is 10.3 Å². The van der Waals surface area contributed by atoms with Crippen LogP contribution >= 0.6 is 22.9 Å². The molecule has 0 spiro atoms. The van der Waals surface area contributed by atoms with Crippen LogP contribution in [0, 0.1) is 5.82 Å². The molecular formula is C18H17ClFN3O3S2. The molecule has 148 valence electrons. The summed E-state index contributed by atoms with van der Waals surface area (Å²) in [7, 11) is -4.04. The lowest BCUT2D eigenvalue weighted by Gasteiger charge is -2.19. The van der Waals surface area contributed by atoms with Gasteiger partial charge in [0.05, 0.1) is 10.2 Å². The third-order valence-corrected chi connectivity index (χ3v) is 7.32. The van der Waals surface area contributed by atoms with Crippen molar-refractivity contribution in [2.24, 2.45) is 0 Å². The third-order valence-electron chi connectivity index (χ3n) is 4.09. The second-order valence-electron chi connectivity index (χ2n) is 5.82. The summed E-state index contributed by atoms with van der Waals surface area (Å²) < 4.78 is 41.4. The topological polar surface area (TPSA) is 79.4 Å². The minimum absolute atomic E-state index is 0.0180. The summed E-state index contributed by atoms with van der Waals surface area (Å²) in [6, 6.07) is 8.41. The van der Waals surface area contributed by atoms with Gasteiger partial charge >= 0.3 is 0 Å². The van der Waals surface area contributed by atoms with Crippen LogP contribution in [0.25, 0.3) is 10.2 Å². The molecule has 0 bridgehead atoms. The molecule has 2 aromatic carbocycles. The first-order chi connectivity index (χ1) is 13.3. The zero-order valence-electron chi connectivity index (χ0n) is 15.1. The van der Waals surface area contributed by atoms with Crippen molar-refractivity contribution in [3.05, 3.63) is 52.8 Å². The summed E-state index contributed by atoms with van der Waals surface area (Å²) >= 11 is 7.18. The Labute approximate surface area is 171 Å². The Balaban J connectivity index is 1.91. The summed E-state index contributed by atoms with van der Waals surface area (Å²) in [5.41, 5.74) is 0.693. The molecule has 10 heteroatoms. The molecule has 0 saturated heterocycles. The largest absolute Gasteiger partial charge is 0.298 e. The van der Waals surface area contributed by atoms with Gasteiger partial charge < -0.3 is 0 Å². The number of hydrogen-bond acceptors (Lipinski definition) is 5. The van der Waals surface area contributed by atoms with E-state index in [1.54, 1.807) is 32.0 Å². The summed E-state index contributed by atoms with van der Waals surface area (Å²) in [5.74, 6) is -1.49. The summed E-state index contributed by atoms with van der Waals surface area (Å²) in [6.07, 6.45) is 0. The molecule has 0 unspecified atom stereocenters. The Kier molecular flexibility index (Phi) is 5.99. The number of benzene rings is 2. The lowest BCUT2D eigenvalue weighted by atomic mass is 10.2. The summed E-state index contributed by atoms with van der Waals surface area (Å²) in [6.45, 7) is 3.72. The van der Waals surface area contributed by atoms with Gasteiger partial charge in [-0.15, -0.1) is 0 Å². The highest BCUT2D eigenvalue weighted by molar-refractivity contribution is 7.89. The minimum atomic E-state index is -4.04. The van der Waals surface area contributed by atoms with Gasteiger partial charge in [0.15, 0.2) is 5.13 Å². The number of carbonyl (C=O) groups excluding carboxylic acids is 1. The van der Waals surface area contributed by atoms with Gasteiger partial charge in [0.25, 0.3) is 5.91 Å². The molecule has 28 heavy (non-hydrogen) atoms. The van der Waals surface area contributed by atoms with Gasteiger partial charge in [-0.3, -0.25) is 10.1 Å². The molecular weight excluding hydrogens is 425 g/mol. The van der Waals surface area contributed by atoms with Crippen molar-refractivity contribution in [2.45, 2.75) is 18.7 Å². The van der Waals surface area contributed by atoms with E-state index >= 15 is 0 Å². The highest BCUT2D eigenvalue weighted by Gasteiger charge is 2.26. The molecule has 1 N–H and O–H groups in total. The predicted octanol–water partition coefficient (Wildman–Crippen LogP) is 4.37. The average Bonchev–Trinajstić information content (AvgIpc) is 3.03. The van der Waals surface area contributed by atoms with Crippen molar-refractivity contribution in [3.8, 4) is 0 Å². The van der Waals surface area contributed by atoms with Crippen molar-refractivity contribution in [1.29, 1.82) is 0 Å². The van der Waals surface area contributed by atoms with Crippen LogP contribution in [0.4, 0.5) is 9.52 Å². The molecule has 0 saturated carbocycles. The lowest BCUT2D eigenvalue weighted by molar-refractivity contribution is 0.102. The number of sulfonamides is 1. The smallest absolute Gasteiger partial charge is 0.257 e. The predicted molar refractivity (Wildman–Crippen MR) is 109 cm³/mol. The Morgan fingerprint density at radius 2 is 1.93 bits per heavy atom. The van der Waals surface area contributed by atoms with Crippen LogP contribution in [0.3, 0.4) is 0 Å². The quantitative estimate of drug-likeness (QED) is 0.616. The number of aromatic nitrogens is 1. The van der Waals surface area contributed by atoms with E-state index in [4.69, 9.17) is 11.6 Å². The van der Waals surface area contributed by atoms with Gasteiger partial charge in [-0.1, -0.05) is 36.8 Å². The number of halogens is 2. The van der Waals surface area contributed by atoms with Crippen LogP contribution in [0.5, 0.6) is 0 Å².